The Morgan fingerprint density at radius 2 is 1.93 bits per heavy atom. The van der Waals surface area contributed by atoms with Gasteiger partial charge in [0.1, 0.15) is 5.03 Å². The monoisotopic (exact) mass is 223 g/mol. The number of thioether (sulfide) groups is 1. The molecular formula is C6H5BF3NO2S. The highest BCUT2D eigenvalue weighted by atomic mass is 32.2. The minimum absolute atomic E-state index is 0.0523. The number of aromatic nitrogens is 1. The lowest BCUT2D eigenvalue weighted by Gasteiger charge is -2.04. The molecule has 0 spiro atoms. The molecular weight excluding hydrogens is 218 g/mol. The van der Waals surface area contributed by atoms with Crippen LogP contribution in [-0.4, -0.2) is 27.7 Å². The molecule has 2 N–H and O–H groups in total. The van der Waals surface area contributed by atoms with Crippen LogP contribution in [0.4, 0.5) is 13.2 Å². The highest BCUT2D eigenvalue weighted by Gasteiger charge is 2.30. The highest BCUT2D eigenvalue weighted by Crippen LogP contribution is 2.35. The molecule has 1 aromatic heterocycles. The number of hydrogen-bond donors (Lipinski definition) is 2. The SMILES string of the molecule is OB(O)c1ccc(SC(F)(F)F)nc1. The lowest BCUT2D eigenvalue weighted by atomic mass is 9.82. The molecule has 1 heterocycles. The van der Waals surface area contributed by atoms with Crippen molar-refractivity contribution in [3.63, 3.8) is 0 Å². The van der Waals surface area contributed by atoms with Crippen molar-refractivity contribution in [2.24, 2.45) is 0 Å². The second kappa shape index (κ2) is 4.20. The minimum Gasteiger partial charge on any atom is -0.423 e. The predicted octanol–water partition coefficient (Wildman–Crippen LogP) is 0.373. The van der Waals surface area contributed by atoms with E-state index in [9.17, 15) is 13.2 Å². The molecule has 0 saturated heterocycles. The maximum absolute atomic E-state index is 11.8. The Morgan fingerprint density at radius 3 is 2.29 bits per heavy atom. The van der Waals surface area contributed by atoms with Crippen molar-refractivity contribution in [3.8, 4) is 0 Å². The van der Waals surface area contributed by atoms with Crippen molar-refractivity contribution in [3.05, 3.63) is 18.3 Å². The van der Waals surface area contributed by atoms with Crippen molar-refractivity contribution >= 4 is 24.3 Å². The van der Waals surface area contributed by atoms with E-state index in [2.05, 4.69) is 4.98 Å². The van der Waals surface area contributed by atoms with Crippen LogP contribution >= 0.6 is 11.8 Å². The van der Waals surface area contributed by atoms with E-state index in [0.29, 0.717) is 0 Å². The topological polar surface area (TPSA) is 53.4 Å². The van der Waals surface area contributed by atoms with Crippen molar-refractivity contribution in [1.29, 1.82) is 0 Å². The van der Waals surface area contributed by atoms with E-state index >= 15 is 0 Å². The second-order valence-electron chi connectivity index (χ2n) is 2.35. The Hall–Kier alpha value is -0.725. The van der Waals surface area contributed by atoms with Crippen molar-refractivity contribution in [1.82, 2.24) is 4.98 Å². The van der Waals surface area contributed by atoms with Gasteiger partial charge in [0.25, 0.3) is 0 Å². The van der Waals surface area contributed by atoms with Gasteiger partial charge in [-0.05, 0) is 6.07 Å². The van der Waals surface area contributed by atoms with Gasteiger partial charge < -0.3 is 10.0 Å². The van der Waals surface area contributed by atoms with Crippen LogP contribution in [0.3, 0.4) is 0 Å². The molecule has 8 heteroatoms. The molecule has 0 aliphatic heterocycles. The quantitative estimate of drug-likeness (QED) is 0.561. The lowest BCUT2D eigenvalue weighted by molar-refractivity contribution is -0.0329. The third-order valence-electron chi connectivity index (χ3n) is 1.28. The summed E-state index contributed by atoms with van der Waals surface area (Å²) in [7, 11) is -1.72. The number of halogens is 3. The first-order valence-electron chi connectivity index (χ1n) is 3.46. The first-order valence-corrected chi connectivity index (χ1v) is 4.28. The van der Waals surface area contributed by atoms with Gasteiger partial charge in [-0.25, -0.2) is 0 Å². The molecule has 14 heavy (non-hydrogen) atoms. The lowest BCUT2D eigenvalue weighted by Crippen LogP contribution is -2.29. The Bertz CT molecular complexity index is 303. The average Bonchev–Trinajstić information content (AvgIpc) is 2.02. The molecule has 0 aliphatic carbocycles. The number of alkyl halides is 3. The second-order valence-corrected chi connectivity index (χ2v) is 3.44. The molecule has 0 aliphatic rings. The summed E-state index contributed by atoms with van der Waals surface area (Å²) in [6.07, 6.45) is 0.985. The Labute approximate surface area is 82.1 Å². The van der Waals surface area contributed by atoms with Crippen molar-refractivity contribution in [2.45, 2.75) is 10.5 Å². The van der Waals surface area contributed by atoms with Gasteiger partial charge in [-0.1, -0.05) is 6.07 Å². The number of rotatable bonds is 2. The molecule has 0 bridgehead atoms. The summed E-state index contributed by atoms with van der Waals surface area (Å²) in [6, 6.07) is 2.25. The normalized spacial score (nSPS) is 11.5. The Morgan fingerprint density at radius 1 is 1.29 bits per heavy atom. The van der Waals surface area contributed by atoms with Gasteiger partial charge in [-0.15, -0.1) is 0 Å². The van der Waals surface area contributed by atoms with Crippen LogP contribution in [0.25, 0.3) is 0 Å². The zero-order valence-electron chi connectivity index (χ0n) is 6.69. The van der Waals surface area contributed by atoms with Gasteiger partial charge in [0.15, 0.2) is 0 Å². The minimum atomic E-state index is -4.38. The van der Waals surface area contributed by atoms with E-state index in [0.717, 1.165) is 12.3 Å². The van der Waals surface area contributed by atoms with Gasteiger partial charge in [0.05, 0.1) is 0 Å². The highest BCUT2D eigenvalue weighted by molar-refractivity contribution is 8.00. The summed E-state index contributed by atoms with van der Waals surface area (Å²) in [6.45, 7) is 0. The third kappa shape index (κ3) is 3.56. The Kier molecular flexibility index (Phi) is 3.41. The van der Waals surface area contributed by atoms with E-state index < -0.39 is 12.6 Å². The number of hydrogen-bond acceptors (Lipinski definition) is 4. The summed E-state index contributed by atoms with van der Waals surface area (Å²) in [5.41, 5.74) is -4.33. The smallest absolute Gasteiger partial charge is 0.423 e. The molecule has 76 valence electrons. The van der Waals surface area contributed by atoms with Crippen LogP contribution in [0.15, 0.2) is 23.4 Å². The standard InChI is InChI=1S/C6H5BF3NO2S/c8-6(9,10)14-5-2-1-4(3-11-5)7(12)13/h1-3,12-13H. The molecule has 0 fully saturated rings. The first kappa shape index (κ1) is 11.4. The summed E-state index contributed by atoms with van der Waals surface area (Å²) < 4.78 is 35.5. The first-order chi connectivity index (χ1) is 6.38. The molecule has 0 atom stereocenters. The molecule has 3 nitrogen and oxygen atoms in total. The van der Waals surface area contributed by atoms with Crippen LogP contribution in [-0.2, 0) is 0 Å². The number of nitrogens with zero attached hydrogens (tertiary/aromatic N) is 1. The molecule has 0 saturated carbocycles. The summed E-state index contributed by atoms with van der Waals surface area (Å²) >= 11 is -0.353. The fourth-order valence-corrected chi connectivity index (χ4v) is 1.20. The van der Waals surface area contributed by atoms with Crippen LogP contribution in [0.1, 0.15) is 0 Å². The number of pyridine rings is 1. The molecule has 0 aromatic carbocycles. The zero-order valence-corrected chi connectivity index (χ0v) is 7.51. The molecule has 1 rings (SSSR count). The molecule has 0 radical (unpaired) electrons. The van der Waals surface area contributed by atoms with Crippen molar-refractivity contribution in [2.75, 3.05) is 0 Å². The molecule has 1 aromatic rings. The van der Waals surface area contributed by atoms with E-state index in [1.165, 1.54) is 6.07 Å². The maximum atomic E-state index is 11.8. The van der Waals surface area contributed by atoms with Crippen LogP contribution in [0, 0.1) is 0 Å². The Balaban J connectivity index is 2.74. The van der Waals surface area contributed by atoms with E-state index in [4.69, 9.17) is 10.0 Å². The van der Waals surface area contributed by atoms with Crippen molar-refractivity contribution < 1.29 is 23.2 Å². The van der Waals surface area contributed by atoms with Gasteiger partial charge in [0.2, 0.25) is 0 Å². The van der Waals surface area contributed by atoms with Gasteiger partial charge in [-0.2, -0.15) is 13.2 Å². The maximum Gasteiger partial charge on any atom is 0.490 e. The van der Waals surface area contributed by atoms with E-state index in [-0.39, 0.29) is 22.3 Å². The van der Waals surface area contributed by atoms with Crippen LogP contribution < -0.4 is 5.46 Å². The van der Waals surface area contributed by atoms with Crippen LogP contribution in [0.5, 0.6) is 0 Å². The largest absolute Gasteiger partial charge is 0.490 e. The molecule has 0 unspecified atom stereocenters. The fraction of sp³-hybridized carbons (Fsp3) is 0.167. The van der Waals surface area contributed by atoms with Gasteiger partial charge >= 0.3 is 12.6 Å². The fourth-order valence-electron chi connectivity index (χ4n) is 0.723. The van der Waals surface area contributed by atoms with E-state index in [1.807, 2.05) is 0 Å². The average molecular weight is 223 g/mol. The summed E-state index contributed by atoms with van der Waals surface area (Å²) in [5.74, 6) is 0. The summed E-state index contributed by atoms with van der Waals surface area (Å²) in [4.78, 5) is 3.41. The van der Waals surface area contributed by atoms with Crippen LogP contribution in [0.2, 0.25) is 0 Å². The third-order valence-corrected chi connectivity index (χ3v) is 1.96. The predicted molar refractivity (Wildman–Crippen MR) is 46.0 cm³/mol. The molecule has 0 amide bonds. The van der Waals surface area contributed by atoms with Gasteiger partial charge in [-0.3, -0.25) is 4.98 Å². The van der Waals surface area contributed by atoms with E-state index in [1.54, 1.807) is 0 Å². The summed E-state index contributed by atoms with van der Waals surface area (Å²) in [5, 5.41) is 17.0. The zero-order chi connectivity index (χ0) is 10.8. The van der Waals surface area contributed by atoms with Gasteiger partial charge in [0, 0.05) is 23.4 Å².